The summed E-state index contributed by atoms with van der Waals surface area (Å²) in [7, 11) is -1.40. The maximum atomic E-state index is 12.1. The molecule has 1 aromatic heterocycles. The summed E-state index contributed by atoms with van der Waals surface area (Å²) in [6.45, 7) is 2.74. The summed E-state index contributed by atoms with van der Waals surface area (Å²) >= 11 is 0. The van der Waals surface area contributed by atoms with E-state index in [1.807, 2.05) is 6.92 Å². The number of rotatable bonds is 3. The van der Waals surface area contributed by atoms with E-state index in [4.69, 9.17) is 0 Å². The van der Waals surface area contributed by atoms with Crippen molar-refractivity contribution in [1.29, 1.82) is 0 Å². The fourth-order valence-electron chi connectivity index (χ4n) is 2.41. The van der Waals surface area contributed by atoms with Gasteiger partial charge in [0.2, 0.25) is 10.0 Å². The van der Waals surface area contributed by atoms with Gasteiger partial charge in [-0.05, 0) is 25.8 Å². The zero-order valence-corrected chi connectivity index (χ0v) is 12.8. The van der Waals surface area contributed by atoms with E-state index in [1.165, 1.54) is 10.6 Å². The highest BCUT2D eigenvalue weighted by Crippen LogP contribution is 2.14. The number of nitrogens with zero attached hydrogens (tertiary/aromatic N) is 3. The van der Waals surface area contributed by atoms with Crippen molar-refractivity contribution in [3.05, 3.63) is 17.5 Å². The number of carbonyl (C=O) groups excluding carboxylic acids is 1. The van der Waals surface area contributed by atoms with Crippen LogP contribution in [0.25, 0.3) is 0 Å². The Balaban J connectivity index is 1.93. The highest BCUT2D eigenvalue weighted by molar-refractivity contribution is 7.88. The third-order valence-corrected chi connectivity index (χ3v) is 4.80. The number of hydrogen-bond donors (Lipinski definition) is 1. The third kappa shape index (κ3) is 3.37. The Morgan fingerprint density at radius 2 is 2.00 bits per heavy atom. The highest BCUT2D eigenvalue weighted by Gasteiger charge is 2.26. The Hall–Kier alpha value is -1.41. The molecule has 1 aliphatic rings. The molecule has 20 heavy (non-hydrogen) atoms. The number of carbonyl (C=O) groups is 1. The van der Waals surface area contributed by atoms with E-state index in [0.717, 1.165) is 5.69 Å². The van der Waals surface area contributed by atoms with Gasteiger partial charge in [-0.3, -0.25) is 9.48 Å². The quantitative estimate of drug-likeness (QED) is 0.843. The number of aryl methyl sites for hydroxylation is 2. The molecular weight excluding hydrogens is 280 g/mol. The summed E-state index contributed by atoms with van der Waals surface area (Å²) in [5.41, 5.74) is 1.32. The summed E-state index contributed by atoms with van der Waals surface area (Å²) in [4.78, 5) is 12.1. The number of piperidine rings is 1. The summed E-state index contributed by atoms with van der Waals surface area (Å²) in [5.74, 6) is -0.161. The van der Waals surface area contributed by atoms with Crippen LogP contribution in [-0.4, -0.2) is 53.8 Å². The smallest absolute Gasteiger partial charge is 0.269 e. The second-order valence-electron chi connectivity index (χ2n) is 5.20. The lowest BCUT2D eigenvalue weighted by Crippen LogP contribution is -2.46. The van der Waals surface area contributed by atoms with Crippen LogP contribution in [0.2, 0.25) is 0 Å². The van der Waals surface area contributed by atoms with Gasteiger partial charge in [0.15, 0.2) is 0 Å². The topological polar surface area (TPSA) is 84.3 Å². The van der Waals surface area contributed by atoms with E-state index < -0.39 is 10.0 Å². The molecule has 2 rings (SSSR count). The average Bonchev–Trinajstić information content (AvgIpc) is 2.68. The van der Waals surface area contributed by atoms with Crippen molar-refractivity contribution >= 4 is 15.9 Å². The summed E-state index contributed by atoms with van der Waals surface area (Å²) < 4.78 is 25.8. The number of nitrogens with one attached hydrogen (secondary N) is 1. The molecule has 0 saturated carbocycles. The van der Waals surface area contributed by atoms with Crippen LogP contribution in [0.3, 0.4) is 0 Å². The first-order chi connectivity index (χ1) is 9.27. The van der Waals surface area contributed by atoms with E-state index in [-0.39, 0.29) is 11.9 Å². The first-order valence-electron chi connectivity index (χ1n) is 6.54. The van der Waals surface area contributed by atoms with Gasteiger partial charge in [0.25, 0.3) is 5.91 Å². The van der Waals surface area contributed by atoms with E-state index in [0.29, 0.717) is 31.6 Å². The van der Waals surface area contributed by atoms with Gasteiger partial charge in [0.05, 0.1) is 11.9 Å². The van der Waals surface area contributed by atoms with Crippen LogP contribution in [-0.2, 0) is 17.1 Å². The molecule has 112 valence electrons. The predicted octanol–water partition coefficient (Wildman–Crippen LogP) is -0.118. The van der Waals surface area contributed by atoms with E-state index >= 15 is 0 Å². The Morgan fingerprint density at radius 3 is 2.45 bits per heavy atom. The van der Waals surface area contributed by atoms with E-state index in [2.05, 4.69) is 10.4 Å². The normalized spacial score (nSPS) is 18.1. The minimum absolute atomic E-state index is 0.00991. The van der Waals surface area contributed by atoms with Crippen LogP contribution in [0.1, 0.15) is 29.0 Å². The third-order valence-electron chi connectivity index (χ3n) is 3.49. The second kappa shape index (κ2) is 5.53. The van der Waals surface area contributed by atoms with Gasteiger partial charge in [0.1, 0.15) is 5.69 Å². The minimum atomic E-state index is -3.13. The summed E-state index contributed by atoms with van der Waals surface area (Å²) in [5, 5.41) is 7.08. The van der Waals surface area contributed by atoms with Crippen molar-refractivity contribution in [3.63, 3.8) is 0 Å². The van der Waals surface area contributed by atoms with Gasteiger partial charge < -0.3 is 5.32 Å². The van der Waals surface area contributed by atoms with Gasteiger partial charge in [-0.2, -0.15) is 5.10 Å². The number of amides is 1. The monoisotopic (exact) mass is 300 g/mol. The van der Waals surface area contributed by atoms with Gasteiger partial charge in [0, 0.05) is 26.2 Å². The Kier molecular flexibility index (Phi) is 4.14. The second-order valence-corrected chi connectivity index (χ2v) is 7.19. The number of aromatic nitrogens is 2. The largest absolute Gasteiger partial charge is 0.348 e. The van der Waals surface area contributed by atoms with Crippen LogP contribution in [0.4, 0.5) is 0 Å². The van der Waals surface area contributed by atoms with Crippen LogP contribution in [0, 0.1) is 6.92 Å². The van der Waals surface area contributed by atoms with Gasteiger partial charge in [-0.15, -0.1) is 0 Å². The molecule has 1 N–H and O–H groups in total. The fourth-order valence-corrected chi connectivity index (χ4v) is 3.29. The molecule has 1 amide bonds. The Morgan fingerprint density at radius 1 is 1.40 bits per heavy atom. The van der Waals surface area contributed by atoms with Gasteiger partial charge >= 0.3 is 0 Å². The SMILES string of the molecule is Cc1cc(C(=O)NC2CCN(S(C)(=O)=O)CC2)n(C)n1. The maximum absolute atomic E-state index is 12.1. The molecule has 0 bridgehead atoms. The van der Waals surface area contributed by atoms with Crippen LogP contribution in [0.15, 0.2) is 6.07 Å². The molecule has 0 atom stereocenters. The molecule has 0 spiro atoms. The predicted molar refractivity (Wildman–Crippen MR) is 74.9 cm³/mol. The lowest BCUT2D eigenvalue weighted by Gasteiger charge is -2.30. The van der Waals surface area contributed by atoms with Gasteiger partial charge in [-0.25, -0.2) is 12.7 Å². The molecule has 1 fully saturated rings. The first-order valence-corrected chi connectivity index (χ1v) is 8.39. The molecule has 1 saturated heterocycles. The van der Waals surface area contributed by atoms with E-state index in [9.17, 15) is 13.2 Å². The van der Waals surface area contributed by atoms with Crippen LogP contribution >= 0.6 is 0 Å². The van der Waals surface area contributed by atoms with Crippen molar-refractivity contribution in [2.45, 2.75) is 25.8 Å². The van der Waals surface area contributed by atoms with Crippen molar-refractivity contribution in [1.82, 2.24) is 19.4 Å². The van der Waals surface area contributed by atoms with Crippen molar-refractivity contribution < 1.29 is 13.2 Å². The zero-order chi connectivity index (χ0) is 14.9. The molecule has 2 heterocycles. The average molecular weight is 300 g/mol. The molecule has 0 aliphatic carbocycles. The molecule has 7 nitrogen and oxygen atoms in total. The minimum Gasteiger partial charge on any atom is -0.348 e. The first kappa shape index (κ1) is 15.0. The molecule has 0 unspecified atom stereocenters. The molecule has 1 aromatic rings. The lowest BCUT2D eigenvalue weighted by molar-refractivity contribution is 0.0914. The van der Waals surface area contributed by atoms with Crippen molar-refractivity contribution in [2.24, 2.45) is 7.05 Å². The van der Waals surface area contributed by atoms with Crippen LogP contribution < -0.4 is 5.32 Å². The molecule has 0 aromatic carbocycles. The number of sulfonamides is 1. The Bertz CT molecular complexity index is 600. The fraction of sp³-hybridized carbons (Fsp3) is 0.667. The van der Waals surface area contributed by atoms with E-state index in [1.54, 1.807) is 17.8 Å². The highest BCUT2D eigenvalue weighted by atomic mass is 32.2. The van der Waals surface area contributed by atoms with Gasteiger partial charge in [-0.1, -0.05) is 0 Å². The van der Waals surface area contributed by atoms with Crippen LogP contribution in [0.5, 0.6) is 0 Å². The summed E-state index contributed by atoms with van der Waals surface area (Å²) in [6.07, 6.45) is 2.48. The summed E-state index contributed by atoms with van der Waals surface area (Å²) in [6, 6.07) is 1.75. The standard InChI is InChI=1S/C12H20N4O3S/c1-9-8-11(15(2)14-9)12(17)13-10-4-6-16(7-5-10)20(3,18)19/h8,10H,4-7H2,1-3H3,(H,13,17). The maximum Gasteiger partial charge on any atom is 0.269 e. The van der Waals surface area contributed by atoms with Crippen molar-refractivity contribution in [3.8, 4) is 0 Å². The van der Waals surface area contributed by atoms with Crippen molar-refractivity contribution in [2.75, 3.05) is 19.3 Å². The molecular formula is C12H20N4O3S. The molecule has 1 aliphatic heterocycles. The number of hydrogen-bond acceptors (Lipinski definition) is 4. The Labute approximate surface area is 119 Å². The molecule has 0 radical (unpaired) electrons. The lowest BCUT2D eigenvalue weighted by atomic mass is 10.1. The molecule has 8 heteroatoms. The zero-order valence-electron chi connectivity index (χ0n) is 12.0.